The first-order chi connectivity index (χ1) is 9.28. The minimum atomic E-state index is -2.91. The molecule has 0 fully saturated rings. The average Bonchev–Trinajstić information content (AvgIpc) is 2.32. The summed E-state index contributed by atoms with van der Waals surface area (Å²) in [7, 11) is -2.91. The van der Waals surface area contributed by atoms with Crippen LogP contribution in [0.3, 0.4) is 0 Å². The van der Waals surface area contributed by atoms with Crippen LogP contribution in [0.5, 0.6) is 5.75 Å². The van der Waals surface area contributed by atoms with Gasteiger partial charge < -0.3 is 10.1 Å². The van der Waals surface area contributed by atoms with Gasteiger partial charge in [-0.1, -0.05) is 19.9 Å². The van der Waals surface area contributed by atoms with Crippen molar-refractivity contribution in [2.24, 2.45) is 0 Å². The first-order valence-electron chi connectivity index (χ1n) is 6.60. The number of nitrogens with one attached hydrogen (secondary N) is 1. The molecule has 6 heteroatoms. The molecule has 1 N–H and O–H groups in total. The van der Waals surface area contributed by atoms with Crippen LogP contribution in [0.2, 0.25) is 0 Å². The zero-order valence-corrected chi connectivity index (χ0v) is 14.6. The summed E-state index contributed by atoms with van der Waals surface area (Å²) in [5.41, 5.74) is 1.18. The minimum Gasteiger partial charge on any atom is -0.492 e. The molecule has 0 unspecified atom stereocenters. The Labute approximate surface area is 130 Å². The molecule has 0 aliphatic rings. The van der Waals surface area contributed by atoms with Crippen molar-refractivity contribution < 1.29 is 13.2 Å². The standard InChI is InChI=1S/C14H22BrNO3S/c1-11(2)16-10-12-5-6-14(13(15)9-12)19-7-4-8-20(3,17)18/h5-6,9,11,16H,4,7-8,10H2,1-3H3. The van der Waals surface area contributed by atoms with E-state index in [-0.39, 0.29) is 5.75 Å². The molecule has 0 spiro atoms. The summed E-state index contributed by atoms with van der Waals surface area (Å²) in [6, 6.07) is 6.37. The summed E-state index contributed by atoms with van der Waals surface area (Å²) < 4.78 is 28.5. The van der Waals surface area contributed by atoms with Crippen molar-refractivity contribution in [3.8, 4) is 5.75 Å². The first kappa shape index (κ1) is 17.5. The van der Waals surface area contributed by atoms with Crippen molar-refractivity contribution >= 4 is 25.8 Å². The Morgan fingerprint density at radius 1 is 1.35 bits per heavy atom. The van der Waals surface area contributed by atoms with Crippen LogP contribution < -0.4 is 10.1 Å². The molecule has 0 saturated carbocycles. The lowest BCUT2D eigenvalue weighted by Crippen LogP contribution is -2.21. The maximum absolute atomic E-state index is 11.0. The van der Waals surface area contributed by atoms with Gasteiger partial charge in [-0.3, -0.25) is 0 Å². The molecule has 0 bridgehead atoms. The Kier molecular flexibility index (Phi) is 6.99. The summed E-state index contributed by atoms with van der Waals surface area (Å²) in [6.45, 7) is 5.42. The van der Waals surface area contributed by atoms with Crippen LogP contribution in [0.15, 0.2) is 22.7 Å². The second-order valence-corrected chi connectivity index (χ2v) is 8.25. The summed E-state index contributed by atoms with van der Waals surface area (Å²) >= 11 is 3.47. The van der Waals surface area contributed by atoms with Gasteiger partial charge in [0.05, 0.1) is 16.8 Å². The van der Waals surface area contributed by atoms with Crippen LogP contribution in [-0.4, -0.2) is 33.1 Å². The number of ether oxygens (including phenoxy) is 1. The van der Waals surface area contributed by atoms with E-state index in [4.69, 9.17) is 4.74 Å². The van der Waals surface area contributed by atoms with Crippen molar-refractivity contribution in [2.45, 2.75) is 32.9 Å². The second kappa shape index (κ2) is 8.00. The highest BCUT2D eigenvalue weighted by Gasteiger charge is 2.05. The Balaban J connectivity index is 2.47. The van der Waals surface area contributed by atoms with E-state index in [1.165, 1.54) is 11.8 Å². The van der Waals surface area contributed by atoms with E-state index in [2.05, 4.69) is 35.1 Å². The Hall–Kier alpha value is -0.590. The van der Waals surface area contributed by atoms with Crippen LogP contribution in [0.1, 0.15) is 25.8 Å². The number of hydrogen-bond acceptors (Lipinski definition) is 4. The van der Waals surface area contributed by atoms with Gasteiger partial charge >= 0.3 is 0 Å². The van der Waals surface area contributed by atoms with E-state index < -0.39 is 9.84 Å². The largest absolute Gasteiger partial charge is 0.492 e. The normalized spacial score (nSPS) is 11.8. The van der Waals surface area contributed by atoms with E-state index in [0.29, 0.717) is 19.1 Å². The van der Waals surface area contributed by atoms with Gasteiger partial charge in [-0.15, -0.1) is 0 Å². The monoisotopic (exact) mass is 363 g/mol. The number of benzene rings is 1. The fourth-order valence-corrected chi connectivity index (χ4v) is 2.78. The third kappa shape index (κ3) is 7.26. The zero-order valence-electron chi connectivity index (χ0n) is 12.1. The molecule has 0 heterocycles. The molecule has 0 aromatic heterocycles. The summed E-state index contributed by atoms with van der Waals surface area (Å²) in [5.74, 6) is 0.896. The van der Waals surface area contributed by atoms with Crippen LogP contribution in [-0.2, 0) is 16.4 Å². The van der Waals surface area contributed by atoms with Crippen molar-refractivity contribution in [3.05, 3.63) is 28.2 Å². The van der Waals surface area contributed by atoms with Crippen LogP contribution in [0, 0.1) is 0 Å². The minimum absolute atomic E-state index is 0.154. The van der Waals surface area contributed by atoms with Gasteiger partial charge in [0, 0.05) is 18.8 Å². The Bertz CT molecular complexity index is 529. The van der Waals surface area contributed by atoms with Gasteiger partial charge in [-0.2, -0.15) is 0 Å². The molecule has 1 rings (SSSR count). The molecule has 20 heavy (non-hydrogen) atoms. The lowest BCUT2D eigenvalue weighted by Gasteiger charge is -2.11. The Morgan fingerprint density at radius 3 is 2.60 bits per heavy atom. The summed E-state index contributed by atoms with van der Waals surface area (Å²) in [6.07, 6.45) is 1.74. The smallest absolute Gasteiger partial charge is 0.147 e. The lowest BCUT2D eigenvalue weighted by atomic mass is 10.2. The number of sulfone groups is 1. The van der Waals surface area contributed by atoms with E-state index in [9.17, 15) is 8.42 Å². The first-order valence-corrected chi connectivity index (χ1v) is 9.45. The molecule has 0 saturated heterocycles. The highest BCUT2D eigenvalue weighted by atomic mass is 79.9. The van der Waals surface area contributed by atoms with Crippen LogP contribution in [0.4, 0.5) is 0 Å². The SMILES string of the molecule is CC(C)NCc1ccc(OCCCS(C)(=O)=O)c(Br)c1. The van der Waals surface area contributed by atoms with E-state index >= 15 is 0 Å². The van der Waals surface area contributed by atoms with Gasteiger partial charge in [0.2, 0.25) is 0 Å². The molecule has 0 atom stereocenters. The molecule has 4 nitrogen and oxygen atoms in total. The van der Waals surface area contributed by atoms with Gasteiger partial charge in [-0.25, -0.2) is 8.42 Å². The summed E-state index contributed by atoms with van der Waals surface area (Å²) in [5, 5.41) is 3.35. The molecular weight excluding hydrogens is 342 g/mol. The molecule has 0 radical (unpaired) electrons. The molecule has 0 aliphatic carbocycles. The van der Waals surface area contributed by atoms with E-state index in [0.717, 1.165) is 16.8 Å². The molecule has 1 aromatic carbocycles. The fraction of sp³-hybridized carbons (Fsp3) is 0.571. The maximum Gasteiger partial charge on any atom is 0.147 e. The van der Waals surface area contributed by atoms with Crippen LogP contribution >= 0.6 is 15.9 Å². The average molecular weight is 364 g/mol. The number of rotatable bonds is 8. The number of hydrogen-bond donors (Lipinski definition) is 1. The van der Waals surface area contributed by atoms with Gasteiger partial charge in [0.1, 0.15) is 15.6 Å². The predicted molar refractivity (Wildman–Crippen MR) is 85.9 cm³/mol. The second-order valence-electron chi connectivity index (χ2n) is 5.13. The van der Waals surface area contributed by atoms with Gasteiger partial charge in [-0.05, 0) is 40.0 Å². The highest BCUT2D eigenvalue weighted by Crippen LogP contribution is 2.26. The quantitative estimate of drug-likeness (QED) is 0.721. The van der Waals surface area contributed by atoms with Crippen LogP contribution in [0.25, 0.3) is 0 Å². The van der Waals surface area contributed by atoms with Gasteiger partial charge in [0.25, 0.3) is 0 Å². The molecule has 0 aliphatic heterocycles. The number of halogens is 1. The van der Waals surface area contributed by atoms with Crippen molar-refractivity contribution in [1.82, 2.24) is 5.32 Å². The van der Waals surface area contributed by atoms with E-state index in [1.54, 1.807) is 0 Å². The zero-order chi connectivity index (χ0) is 15.2. The molecule has 1 aromatic rings. The maximum atomic E-state index is 11.0. The van der Waals surface area contributed by atoms with Gasteiger partial charge in [0.15, 0.2) is 0 Å². The highest BCUT2D eigenvalue weighted by molar-refractivity contribution is 9.10. The van der Waals surface area contributed by atoms with Crippen molar-refractivity contribution in [2.75, 3.05) is 18.6 Å². The fourth-order valence-electron chi connectivity index (χ4n) is 1.60. The van der Waals surface area contributed by atoms with Crippen molar-refractivity contribution in [3.63, 3.8) is 0 Å². The van der Waals surface area contributed by atoms with E-state index in [1.807, 2.05) is 18.2 Å². The predicted octanol–water partition coefficient (Wildman–Crippen LogP) is 2.76. The molecule has 114 valence electrons. The third-order valence-corrected chi connectivity index (χ3v) is 4.28. The topological polar surface area (TPSA) is 55.4 Å². The Morgan fingerprint density at radius 2 is 2.05 bits per heavy atom. The molecular formula is C14H22BrNO3S. The molecule has 0 amide bonds. The van der Waals surface area contributed by atoms with Crippen molar-refractivity contribution in [1.29, 1.82) is 0 Å². The lowest BCUT2D eigenvalue weighted by molar-refractivity contribution is 0.315. The summed E-state index contributed by atoms with van der Waals surface area (Å²) in [4.78, 5) is 0. The third-order valence-electron chi connectivity index (χ3n) is 2.63.